The summed E-state index contributed by atoms with van der Waals surface area (Å²) >= 11 is 1.42. The SMILES string of the molecule is C=CSNc1ccc(OC2CCN(C)CC2)c(-c2cc(NC)c(=O)n(C)c2)c1. The normalized spacial score (nSPS) is 15.2. The summed E-state index contributed by atoms with van der Waals surface area (Å²) in [5.74, 6) is 0.837. The zero-order valence-corrected chi connectivity index (χ0v) is 17.5. The molecule has 0 saturated carbocycles. The summed E-state index contributed by atoms with van der Waals surface area (Å²) < 4.78 is 11.2. The van der Waals surface area contributed by atoms with Gasteiger partial charge in [-0.1, -0.05) is 6.58 Å². The Labute approximate surface area is 170 Å². The molecule has 1 aromatic heterocycles. The second kappa shape index (κ2) is 9.21. The monoisotopic (exact) mass is 400 g/mol. The molecule has 0 aliphatic carbocycles. The number of hydrogen-bond donors (Lipinski definition) is 2. The maximum atomic E-state index is 12.3. The van der Waals surface area contributed by atoms with Crippen LogP contribution in [0.1, 0.15) is 12.8 Å². The van der Waals surface area contributed by atoms with Gasteiger partial charge in [0, 0.05) is 50.2 Å². The molecule has 7 heteroatoms. The van der Waals surface area contributed by atoms with Crippen LogP contribution in [-0.4, -0.2) is 42.8 Å². The highest BCUT2D eigenvalue weighted by molar-refractivity contribution is 8.03. The predicted octanol–water partition coefficient (Wildman–Crippen LogP) is 3.77. The first-order valence-corrected chi connectivity index (χ1v) is 10.3. The van der Waals surface area contributed by atoms with E-state index in [1.165, 1.54) is 11.9 Å². The smallest absolute Gasteiger partial charge is 0.273 e. The summed E-state index contributed by atoms with van der Waals surface area (Å²) in [7, 11) is 5.66. The highest BCUT2D eigenvalue weighted by Gasteiger charge is 2.20. The van der Waals surface area contributed by atoms with Crippen LogP contribution in [0.25, 0.3) is 11.1 Å². The van der Waals surface area contributed by atoms with Crippen molar-refractivity contribution in [2.24, 2.45) is 7.05 Å². The fourth-order valence-corrected chi connectivity index (χ4v) is 3.70. The van der Waals surface area contributed by atoms with Gasteiger partial charge in [0.1, 0.15) is 17.5 Å². The molecule has 0 amide bonds. The first-order chi connectivity index (χ1) is 13.5. The molecular formula is C21H28N4O2S. The van der Waals surface area contributed by atoms with Gasteiger partial charge in [0.15, 0.2) is 0 Å². The third kappa shape index (κ3) is 4.72. The van der Waals surface area contributed by atoms with Crippen molar-refractivity contribution in [3.63, 3.8) is 0 Å². The number of anilines is 2. The molecule has 0 atom stereocenters. The summed E-state index contributed by atoms with van der Waals surface area (Å²) in [5, 5.41) is 4.73. The molecule has 0 bridgehead atoms. The quantitative estimate of drug-likeness (QED) is 0.690. The van der Waals surface area contributed by atoms with E-state index in [1.807, 2.05) is 24.4 Å². The molecule has 1 aromatic carbocycles. The Hall–Kier alpha value is -2.38. The van der Waals surface area contributed by atoms with Gasteiger partial charge in [-0.2, -0.15) is 0 Å². The number of nitrogens with one attached hydrogen (secondary N) is 2. The summed E-state index contributed by atoms with van der Waals surface area (Å²) in [6.07, 6.45) is 4.08. The van der Waals surface area contributed by atoms with Gasteiger partial charge in [-0.25, -0.2) is 0 Å². The number of aryl methyl sites for hydroxylation is 1. The Morgan fingerprint density at radius 3 is 2.68 bits per heavy atom. The molecule has 2 N–H and O–H groups in total. The van der Waals surface area contributed by atoms with E-state index in [4.69, 9.17) is 4.74 Å². The van der Waals surface area contributed by atoms with Gasteiger partial charge in [0.05, 0.1) is 0 Å². The first-order valence-electron chi connectivity index (χ1n) is 9.42. The van der Waals surface area contributed by atoms with Gasteiger partial charge in [-0.3, -0.25) is 4.79 Å². The van der Waals surface area contributed by atoms with E-state index in [0.29, 0.717) is 5.69 Å². The van der Waals surface area contributed by atoms with Crippen molar-refractivity contribution >= 4 is 23.3 Å². The Kier molecular flexibility index (Phi) is 6.70. The van der Waals surface area contributed by atoms with Gasteiger partial charge in [-0.15, -0.1) is 0 Å². The minimum Gasteiger partial charge on any atom is -0.490 e. The summed E-state index contributed by atoms with van der Waals surface area (Å²) in [6, 6.07) is 7.94. The number of nitrogens with zero attached hydrogens (tertiary/aromatic N) is 2. The summed E-state index contributed by atoms with van der Waals surface area (Å²) in [4.78, 5) is 14.6. The van der Waals surface area contributed by atoms with Gasteiger partial charge < -0.3 is 24.2 Å². The molecule has 1 aliphatic rings. The van der Waals surface area contributed by atoms with E-state index in [2.05, 4.69) is 34.6 Å². The minimum atomic E-state index is -0.0551. The zero-order valence-electron chi connectivity index (χ0n) is 16.7. The van der Waals surface area contributed by atoms with Crippen molar-refractivity contribution in [2.45, 2.75) is 18.9 Å². The number of pyridine rings is 1. The first kappa shape index (κ1) is 20.4. The van der Waals surface area contributed by atoms with Crippen LogP contribution in [0, 0.1) is 0 Å². The molecule has 150 valence electrons. The number of likely N-dealkylation sites (tertiary alicyclic amines) is 1. The zero-order chi connectivity index (χ0) is 20.1. The molecule has 0 spiro atoms. The van der Waals surface area contributed by atoms with Crippen LogP contribution >= 0.6 is 11.9 Å². The van der Waals surface area contributed by atoms with Crippen molar-refractivity contribution in [3.05, 3.63) is 52.8 Å². The molecule has 2 aromatic rings. The Morgan fingerprint density at radius 2 is 2.00 bits per heavy atom. The van der Waals surface area contributed by atoms with Crippen LogP contribution in [0.4, 0.5) is 11.4 Å². The number of ether oxygens (including phenoxy) is 1. The van der Waals surface area contributed by atoms with Crippen molar-refractivity contribution in [1.82, 2.24) is 9.47 Å². The second-order valence-corrected chi connectivity index (χ2v) is 7.80. The number of hydrogen-bond acceptors (Lipinski definition) is 6. The second-order valence-electron chi connectivity index (χ2n) is 7.03. The van der Waals surface area contributed by atoms with Crippen LogP contribution in [0.3, 0.4) is 0 Å². The molecular weight excluding hydrogens is 372 g/mol. The number of benzene rings is 1. The topological polar surface area (TPSA) is 58.5 Å². The number of rotatable bonds is 7. The standard InChI is InChI=1S/C21H28N4O2S/c1-5-28-23-16-6-7-20(27-17-8-10-24(3)11-9-17)18(13-16)15-12-19(22-2)21(26)25(4)14-15/h5-7,12-14,17,22-23H,1,8-11H2,2-4H3. The average molecular weight is 401 g/mol. The van der Waals surface area contributed by atoms with Crippen molar-refractivity contribution < 1.29 is 4.74 Å². The summed E-state index contributed by atoms with van der Waals surface area (Å²) in [6.45, 7) is 5.81. The van der Waals surface area contributed by atoms with Crippen molar-refractivity contribution in [1.29, 1.82) is 0 Å². The van der Waals surface area contributed by atoms with Crippen LogP contribution < -0.4 is 20.3 Å². The van der Waals surface area contributed by atoms with Crippen molar-refractivity contribution in [3.8, 4) is 16.9 Å². The average Bonchev–Trinajstić information content (AvgIpc) is 2.70. The van der Waals surface area contributed by atoms with E-state index < -0.39 is 0 Å². The van der Waals surface area contributed by atoms with Gasteiger partial charge in [0.2, 0.25) is 0 Å². The van der Waals surface area contributed by atoms with E-state index in [-0.39, 0.29) is 11.7 Å². The van der Waals surface area contributed by atoms with Crippen LogP contribution in [0.5, 0.6) is 5.75 Å². The third-order valence-corrected chi connectivity index (χ3v) is 5.48. The largest absolute Gasteiger partial charge is 0.490 e. The van der Waals surface area contributed by atoms with Gasteiger partial charge >= 0.3 is 0 Å². The highest BCUT2D eigenvalue weighted by atomic mass is 32.2. The molecule has 6 nitrogen and oxygen atoms in total. The molecule has 0 radical (unpaired) electrons. The molecule has 1 aliphatic heterocycles. The van der Waals surface area contributed by atoms with Gasteiger partial charge in [0.25, 0.3) is 5.56 Å². The minimum absolute atomic E-state index is 0.0551. The third-order valence-electron chi connectivity index (χ3n) is 4.96. The fraction of sp³-hybridized carbons (Fsp3) is 0.381. The summed E-state index contributed by atoms with van der Waals surface area (Å²) in [5.41, 5.74) is 3.35. The molecule has 1 saturated heterocycles. The van der Waals surface area contributed by atoms with E-state index in [1.54, 1.807) is 24.1 Å². The van der Waals surface area contributed by atoms with Gasteiger partial charge in [-0.05, 0) is 61.5 Å². The Balaban J connectivity index is 1.99. The fourth-order valence-electron chi connectivity index (χ4n) is 3.35. The predicted molar refractivity (Wildman–Crippen MR) is 119 cm³/mol. The van der Waals surface area contributed by atoms with Crippen LogP contribution in [0.2, 0.25) is 0 Å². The molecule has 1 fully saturated rings. The number of piperidine rings is 1. The lowest BCUT2D eigenvalue weighted by Crippen LogP contribution is -2.35. The Morgan fingerprint density at radius 1 is 1.25 bits per heavy atom. The van der Waals surface area contributed by atoms with E-state index in [0.717, 1.165) is 48.5 Å². The van der Waals surface area contributed by atoms with E-state index >= 15 is 0 Å². The maximum absolute atomic E-state index is 12.3. The lowest BCUT2D eigenvalue weighted by molar-refractivity contribution is 0.115. The molecule has 2 heterocycles. The lowest BCUT2D eigenvalue weighted by atomic mass is 10.0. The maximum Gasteiger partial charge on any atom is 0.273 e. The number of aromatic nitrogens is 1. The van der Waals surface area contributed by atoms with E-state index in [9.17, 15) is 4.79 Å². The van der Waals surface area contributed by atoms with Crippen molar-refractivity contribution in [2.75, 3.05) is 37.2 Å². The molecule has 28 heavy (non-hydrogen) atoms. The lowest BCUT2D eigenvalue weighted by Gasteiger charge is -2.30. The molecule has 3 rings (SSSR count). The molecule has 0 unspecified atom stereocenters. The highest BCUT2D eigenvalue weighted by Crippen LogP contribution is 2.35. The van der Waals surface area contributed by atoms with Crippen LogP contribution in [0.15, 0.2) is 47.2 Å². The Bertz CT molecular complexity index is 888. The van der Waals surface area contributed by atoms with Crippen LogP contribution in [-0.2, 0) is 7.05 Å².